The highest BCUT2D eigenvalue weighted by atomic mass is 16.6. The molecule has 1 rings (SSSR count). The molecular formula is C14H14N2O7. The zero-order valence-corrected chi connectivity index (χ0v) is 12.2. The molecule has 0 saturated carbocycles. The number of esters is 2. The average molecular weight is 322 g/mol. The first-order valence-electron chi connectivity index (χ1n) is 6.31. The van der Waals surface area contributed by atoms with Crippen LogP contribution < -0.4 is 5.32 Å². The molecule has 1 amide bonds. The topological polar surface area (TPSA) is 125 Å². The van der Waals surface area contributed by atoms with Gasteiger partial charge in [-0.2, -0.15) is 0 Å². The molecule has 0 radical (unpaired) electrons. The lowest BCUT2D eigenvalue weighted by atomic mass is 10.1. The second-order valence-corrected chi connectivity index (χ2v) is 4.19. The molecule has 0 spiro atoms. The fourth-order valence-corrected chi connectivity index (χ4v) is 1.52. The third kappa shape index (κ3) is 5.23. The van der Waals surface area contributed by atoms with Crippen LogP contribution in [0.1, 0.15) is 20.7 Å². The lowest BCUT2D eigenvalue weighted by Gasteiger charge is -2.06. The van der Waals surface area contributed by atoms with E-state index in [2.05, 4.69) is 16.6 Å². The zero-order chi connectivity index (χ0) is 17.4. The molecule has 1 aromatic carbocycles. The molecule has 0 aliphatic heterocycles. The summed E-state index contributed by atoms with van der Waals surface area (Å²) >= 11 is 0. The maximum Gasteiger partial charge on any atom is 0.338 e. The number of methoxy groups -OCH3 is 1. The van der Waals surface area contributed by atoms with E-state index in [-0.39, 0.29) is 17.7 Å². The Morgan fingerprint density at radius 1 is 1.26 bits per heavy atom. The molecule has 0 saturated heterocycles. The fourth-order valence-electron chi connectivity index (χ4n) is 1.52. The summed E-state index contributed by atoms with van der Waals surface area (Å²) in [5.41, 5.74) is -0.892. The maximum absolute atomic E-state index is 11.9. The number of nitro benzene ring substituents is 1. The van der Waals surface area contributed by atoms with Gasteiger partial charge in [0, 0.05) is 18.7 Å². The minimum Gasteiger partial charge on any atom is -0.465 e. The van der Waals surface area contributed by atoms with Crippen LogP contribution in [-0.2, 0) is 14.3 Å². The van der Waals surface area contributed by atoms with Crippen LogP contribution in [0.25, 0.3) is 0 Å². The van der Waals surface area contributed by atoms with Gasteiger partial charge in [-0.1, -0.05) is 6.08 Å². The van der Waals surface area contributed by atoms with Crippen LogP contribution in [0.3, 0.4) is 0 Å². The van der Waals surface area contributed by atoms with Gasteiger partial charge in [-0.25, -0.2) is 9.59 Å². The number of hydrogen-bond donors (Lipinski definition) is 1. The van der Waals surface area contributed by atoms with E-state index in [0.29, 0.717) is 0 Å². The molecule has 0 unspecified atom stereocenters. The normalized spacial score (nSPS) is 9.61. The van der Waals surface area contributed by atoms with Gasteiger partial charge in [0.2, 0.25) is 0 Å². The maximum atomic E-state index is 11.9. The first kappa shape index (κ1) is 17.8. The molecule has 0 aromatic heterocycles. The molecule has 1 N–H and O–H groups in total. The number of hydrogen-bond acceptors (Lipinski definition) is 7. The summed E-state index contributed by atoms with van der Waals surface area (Å²) in [6.45, 7) is 3.05. The molecule has 9 nitrogen and oxygen atoms in total. The second-order valence-electron chi connectivity index (χ2n) is 4.19. The molecule has 0 aliphatic rings. The third-order valence-electron chi connectivity index (χ3n) is 2.56. The molecule has 0 aliphatic carbocycles. The van der Waals surface area contributed by atoms with E-state index in [0.717, 1.165) is 25.3 Å². The molecule has 122 valence electrons. The zero-order valence-electron chi connectivity index (χ0n) is 12.2. The van der Waals surface area contributed by atoms with Crippen molar-refractivity contribution in [2.24, 2.45) is 0 Å². The van der Waals surface area contributed by atoms with Gasteiger partial charge in [-0.3, -0.25) is 14.9 Å². The molecule has 23 heavy (non-hydrogen) atoms. The van der Waals surface area contributed by atoms with Gasteiger partial charge in [-0.05, 0) is 6.07 Å². The van der Waals surface area contributed by atoms with Crippen molar-refractivity contribution in [1.29, 1.82) is 0 Å². The number of amides is 1. The standard InChI is InChI=1S/C14H14N2O7/c1-3-4-15-12(17)8-23-14(19)10-5-9(13(18)22-2)6-11(7-10)16(20)21/h3,5-7H,1,4,8H2,2H3,(H,15,17). The van der Waals surface area contributed by atoms with E-state index in [4.69, 9.17) is 4.74 Å². The van der Waals surface area contributed by atoms with E-state index in [1.54, 1.807) is 0 Å². The predicted molar refractivity (Wildman–Crippen MR) is 77.9 cm³/mol. The van der Waals surface area contributed by atoms with Crippen LogP contribution in [0.5, 0.6) is 0 Å². The van der Waals surface area contributed by atoms with Gasteiger partial charge in [-0.15, -0.1) is 6.58 Å². The van der Waals surface area contributed by atoms with Gasteiger partial charge in [0.15, 0.2) is 6.61 Å². The Balaban J connectivity index is 2.92. The highest BCUT2D eigenvalue weighted by molar-refractivity contribution is 5.97. The van der Waals surface area contributed by atoms with E-state index in [1.165, 1.54) is 6.08 Å². The van der Waals surface area contributed by atoms with Gasteiger partial charge >= 0.3 is 11.9 Å². The van der Waals surface area contributed by atoms with Crippen molar-refractivity contribution in [1.82, 2.24) is 5.32 Å². The smallest absolute Gasteiger partial charge is 0.338 e. The highest BCUT2D eigenvalue weighted by Gasteiger charge is 2.19. The number of nitro groups is 1. The minimum atomic E-state index is -0.979. The number of nitrogens with one attached hydrogen (secondary N) is 1. The molecule has 0 atom stereocenters. The average Bonchev–Trinajstić information content (AvgIpc) is 2.56. The predicted octanol–water partition coefficient (Wildman–Crippen LogP) is 0.840. The molecule has 0 fully saturated rings. The molecule has 0 heterocycles. The first-order valence-corrected chi connectivity index (χ1v) is 6.31. The van der Waals surface area contributed by atoms with Crippen LogP contribution in [0, 0.1) is 10.1 Å². The van der Waals surface area contributed by atoms with E-state index >= 15 is 0 Å². The van der Waals surface area contributed by atoms with Crippen LogP contribution in [-0.4, -0.2) is 43.0 Å². The monoisotopic (exact) mass is 322 g/mol. The Hall–Kier alpha value is -3.23. The summed E-state index contributed by atoms with van der Waals surface area (Å²) < 4.78 is 9.19. The SMILES string of the molecule is C=CCNC(=O)COC(=O)c1cc(C(=O)OC)cc([N+](=O)[O-])c1. The summed E-state index contributed by atoms with van der Waals surface area (Å²) in [5, 5.41) is 13.2. The largest absolute Gasteiger partial charge is 0.465 e. The number of carbonyl (C=O) groups excluding carboxylic acids is 3. The lowest BCUT2D eigenvalue weighted by molar-refractivity contribution is -0.384. The number of non-ortho nitro benzene ring substituents is 1. The van der Waals surface area contributed by atoms with Gasteiger partial charge in [0.25, 0.3) is 11.6 Å². The quantitative estimate of drug-likeness (QED) is 0.341. The fraction of sp³-hybridized carbons (Fsp3) is 0.214. The summed E-state index contributed by atoms with van der Waals surface area (Å²) in [6.07, 6.45) is 1.45. The van der Waals surface area contributed by atoms with Crippen LogP contribution >= 0.6 is 0 Å². The van der Waals surface area contributed by atoms with E-state index < -0.39 is 35.1 Å². The van der Waals surface area contributed by atoms with Crippen LogP contribution in [0.15, 0.2) is 30.9 Å². The Kier molecular flexibility index (Phi) is 6.41. The Morgan fingerprint density at radius 2 is 1.87 bits per heavy atom. The summed E-state index contributed by atoms with van der Waals surface area (Å²) in [6, 6.07) is 3.00. The van der Waals surface area contributed by atoms with E-state index in [1.807, 2.05) is 0 Å². The summed E-state index contributed by atoms with van der Waals surface area (Å²) in [4.78, 5) is 44.7. The van der Waals surface area contributed by atoms with Crippen molar-refractivity contribution in [3.63, 3.8) is 0 Å². The molecule has 0 bridgehead atoms. The second kappa shape index (κ2) is 8.27. The molecule has 1 aromatic rings. The Labute approximate surface area is 131 Å². The van der Waals surface area contributed by atoms with Crippen LogP contribution in [0.4, 0.5) is 5.69 Å². The first-order chi connectivity index (χ1) is 10.9. The van der Waals surface area contributed by atoms with Gasteiger partial charge in [0.05, 0.1) is 23.2 Å². The van der Waals surface area contributed by atoms with Crippen molar-refractivity contribution in [2.45, 2.75) is 0 Å². The number of rotatable bonds is 7. The lowest BCUT2D eigenvalue weighted by Crippen LogP contribution is -2.28. The molecule has 9 heteroatoms. The summed E-state index contributed by atoms with van der Waals surface area (Å²) in [7, 11) is 1.10. The Bertz CT molecular complexity index is 655. The summed E-state index contributed by atoms with van der Waals surface area (Å²) in [5.74, 6) is -2.38. The van der Waals surface area contributed by atoms with Crippen molar-refractivity contribution >= 4 is 23.5 Å². The van der Waals surface area contributed by atoms with Gasteiger partial charge in [0.1, 0.15) is 0 Å². The number of ether oxygens (including phenoxy) is 2. The number of carbonyl (C=O) groups is 3. The molecular weight excluding hydrogens is 308 g/mol. The Morgan fingerprint density at radius 3 is 2.39 bits per heavy atom. The van der Waals surface area contributed by atoms with Crippen LogP contribution in [0.2, 0.25) is 0 Å². The third-order valence-corrected chi connectivity index (χ3v) is 2.56. The van der Waals surface area contributed by atoms with Crippen molar-refractivity contribution < 1.29 is 28.8 Å². The number of nitrogens with zero attached hydrogens (tertiary/aromatic N) is 1. The van der Waals surface area contributed by atoms with Crippen molar-refractivity contribution in [3.05, 3.63) is 52.1 Å². The number of benzene rings is 1. The highest BCUT2D eigenvalue weighted by Crippen LogP contribution is 2.18. The minimum absolute atomic E-state index is 0.176. The van der Waals surface area contributed by atoms with E-state index in [9.17, 15) is 24.5 Å². The van der Waals surface area contributed by atoms with Crippen molar-refractivity contribution in [3.8, 4) is 0 Å². The van der Waals surface area contributed by atoms with Crippen molar-refractivity contribution in [2.75, 3.05) is 20.3 Å². The van der Waals surface area contributed by atoms with Gasteiger partial charge < -0.3 is 14.8 Å².